The van der Waals surface area contributed by atoms with Gasteiger partial charge >= 0.3 is 0 Å². The van der Waals surface area contributed by atoms with Crippen LogP contribution in [0.3, 0.4) is 0 Å². The number of hydrogen-bond donors (Lipinski definition) is 1. The molecule has 0 saturated carbocycles. The fourth-order valence-electron chi connectivity index (χ4n) is 7.43. The van der Waals surface area contributed by atoms with Crippen LogP contribution < -0.4 is 10.1 Å². The fourth-order valence-corrected chi connectivity index (χ4v) is 7.43. The molecule has 0 bridgehead atoms. The monoisotopic (exact) mass is 566 g/mol. The van der Waals surface area contributed by atoms with E-state index in [4.69, 9.17) is 9.15 Å². The molecule has 1 N–H and O–H groups in total. The molecule has 7 heteroatoms. The number of Topliss-reactive ketones (excluding diaryl/α,β-unsaturated/α-hetero) is 2. The highest BCUT2D eigenvalue weighted by Crippen LogP contribution is 2.62. The quantitative estimate of drug-likeness (QED) is 0.247. The van der Waals surface area contributed by atoms with Crippen molar-refractivity contribution < 1.29 is 23.5 Å². The zero-order valence-corrected chi connectivity index (χ0v) is 23.2. The molecule has 210 valence electrons. The topological polar surface area (TPSA) is 88.9 Å². The number of nitrogens with one attached hydrogen (secondary N) is 1. The van der Waals surface area contributed by atoms with E-state index in [1.54, 1.807) is 36.4 Å². The fraction of sp³-hybridized carbons (Fsp3) is 0.139. The standard InChI is InChI=1S/C36H26N2O5/c1-42-28-17-9-5-13-24(28)32(39)31-30(33(40)29-20-22-11-3-8-16-27(22)43-29)36(25-14-6-7-15-26(25)37-35(36)41)34-23-12-4-2-10-21(23)18-19-38(31)34/h2-20,30-31,34H,1H3,(H,37,41)/t30-,31+,34+,36+/m1/s1. The Kier molecular flexibility index (Phi) is 5.46. The van der Waals surface area contributed by atoms with Gasteiger partial charge in [-0.25, -0.2) is 0 Å². The second-order valence-corrected chi connectivity index (χ2v) is 11.2. The van der Waals surface area contributed by atoms with Crippen molar-refractivity contribution in [2.45, 2.75) is 17.5 Å². The van der Waals surface area contributed by atoms with Gasteiger partial charge < -0.3 is 19.4 Å². The van der Waals surface area contributed by atoms with E-state index in [1.807, 2.05) is 83.9 Å². The van der Waals surface area contributed by atoms with Crippen molar-refractivity contribution in [2.75, 3.05) is 12.4 Å². The zero-order chi connectivity index (χ0) is 29.3. The van der Waals surface area contributed by atoms with Gasteiger partial charge in [0, 0.05) is 17.3 Å². The van der Waals surface area contributed by atoms with Crippen molar-refractivity contribution in [1.82, 2.24) is 4.90 Å². The Hall–Kier alpha value is -5.43. The molecule has 0 unspecified atom stereocenters. The molecule has 4 aromatic carbocycles. The van der Waals surface area contributed by atoms with Crippen molar-refractivity contribution in [3.05, 3.63) is 137 Å². The van der Waals surface area contributed by atoms with Gasteiger partial charge in [-0.2, -0.15) is 0 Å². The number of benzene rings is 4. The van der Waals surface area contributed by atoms with Gasteiger partial charge in [-0.15, -0.1) is 0 Å². The predicted molar refractivity (Wildman–Crippen MR) is 162 cm³/mol. The summed E-state index contributed by atoms with van der Waals surface area (Å²) >= 11 is 0. The number of ketones is 2. The molecule has 4 heterocycles. The summed E-state index contributed by atoms with van der Waals surface area (Å²) < 4.78 is 11.7. The van der Waals surface area contributed by atoms with Gasteiger partial charge in [0.2, 0.25) is 11.7 Å². The van der Waals surface area contributed by atoms with Crippen molar-refractivity contribution in [3.63, 3.8) is 0 Å². The minimum Gasteiger partial charge on any atom is -0.496 e. The molecule has 4 atom stereocenters. The Bertz CT molecular complexity index is 1970. The van der Waals surface area contributed by atoms with Crippen molar-refractivity contribution in [1.29, 1.82) is 0 Å². The third-order valence-electron chi connectivity index (χ3n) is 9.16. The zero-order valence-electron chi connectivity index (χ0n) is 23.2. The Morgan fingerprint density at radius 1 is 0.884 bits per heavy atom. The molecule has 8 rings (SSSR count). The van der Waals surface area contributed by atoms with Crippen LogP contribution in [0.1, 0.15) is 43.6 Å². The summed E-state index contributed by atoms with van der Waals surface area (Å²) in [6.45, 7) is 0. The van der Waals surface area contributed by atoms with Crippen LogP contribution in [-0.4, -0.2) is 35.5 Å². The first kappa shape index (κ1) is 25.3. The SMILES string of the molecule is COc1ccccc1C(=O)[C@@H]1[C@H](C(=O)c2cc3ccccc3o2)[C@]2(C(=O)Nc3ccccc32)[C@@H]2c3ccccc3C=CN12. The van der Waals surface area contributed by atoms with E-state index in [9.17, 15) is 14.4 Å². The lowest BCUT2D eigenvalue weighted by Crippen LogP contribution is -2.49. The number of ether oxygens (including phenoxy) is 1. The summed E-state index contributed by atoms with van der Waals surface area (Å²) in [6, 6.07) is 29.7. The van der Waals surface area contributed by atoms with E-state index in [0.29, 0.717) is 28.1 Å². The maximum atomic E-state index is 15.0. The molecule has 0 radical (unpaired) electrons. The van der Waals surface area contributed by atoms with E-state index < -0.39 is 29.2 Å². The van der Waals surface area contributed by atoms with Crippen LogP contribution in [0, 0.1) is 5.92 Å². The Balaban J connectivity index is 1.44. The number of carbonyl (C=O) groups excluding carboxylic acids is 3. The number of rotatable bonds is 5. The molecule has 1 spiro atoms. The molecule has 1 amide bonds. The lowest BCUT2D eigenvalue weighted by atomic mass is 9.63. The highest BCUT2D eigenvalue weighted by Gasteiger charge is 2.71. The summed E-state index contributed by atoms with van der Waals surface area (Å²) in [7, 11) is 1.51. The number of furan rings is 1. The summed E-state index contributed by atoms with van der Waals surface area (Å²) in [5.74, 6) is -1.66. The number of hydrogen-bond acceptors (Lipinski definition) is 6. The van der Waals surface area contributed by atoms with Crippen molar-refractivity contribution >= 4 is 40.2 Å². The van der Waals surface area contributed by atoms with Crippen LogP contribution >= 0.6 is 0 Å². The molecule has 0 aliphatic carbocycles. The molecular formula is C36H26N2O5. The molecule has 43 heavy (non-hydrogen) atoms. The van der Waals surface area contributed by atoms with Crippen molar-refractivity contribution in [3.8, 4) is 5.75 Å². The van der Waals surface area contributed by atoms with E-state index in [-0.39, 0.29) is 17.5 Å². The molecule has 5 aromatic rings. The number of anilines is 1. The second-order valence-electron chi connectivity index (χ2n) is 11.2. The number of para-hydroxylation sites is 3. The number of methoxy groups -OCH3 is 1. The van der Waals surface area contributed by atoms with Crippen LogP contribution in [0.5, 0.6) is 5.75 Å². The average Bonchev–Trinajstić information content (AvgIpc) is 3.71. The van der Waals surface area contributed by atoms with Gasteiger partial charge in [-0.1, -0.05) is 72.8 Å². The van der Waals surface area contributed by atoms with Crippen molar-refractivity contribution in [2.24, 2.45) is 5.92 Å². The van der Waals surface area contributed by atoms with Gasteiger partial charge in [0.05, 0.1) is 24.6 Å². The van der Waals surface area contributed by atoms with Crippen LogP contribution in [0.2, 0.25) is 0 Å². The average molecular weight is 567 g/mol. The molecule has 7 nitrogen and oxygen atoms in total. The highest BCUT2D eigenvalue weighted by molar-refractivity contribution is 6.17. The molecule has 1 saturated heterocycles. The molecule has 1 fully saturated rings. The van der Waals surface area contributed by atoms with Gasteiger partial charge in [0.15, 0.2) is 11.5 Å². The molecule has 1 aromatic heterocycles. The third-order valence-corrected chi connectivity index (χ3v) is 9.16. The van der Waals surface area contributed by atoms with Crippen LogP contribution in [0.25, 0.3) is 17.0 Å². The number of amides is 1. The summed E-state index contributed by atoms with van der Waals surface area (Å²) in [5.41, 5.74) is 2.58. The third kappa shape index (κ3) is 3.39. The van der Waals surface area contributed by atoms with Crippen LogP contribution in [0.15, 0.2) is 114 Å². The molecule has 3 aliphatic heterocycles. The Morgan fingerprint density at radius 2 is 1.63 bits per heavy atom. The number of nitrogens with zero attached hydrogens (tertiary/aromatic N) is 1. The van der Waals surface area contributed by atoms with Crippen LogP contribution in [-0.2, 0) is 10.2 Å². The summed E-state index contributed by atoms with van der Waals surface area (Å²) in [5, 5.41) is 3.84. The summed E-state index contributed by atoms with van der Waals surface area (Å²) in [4.78, 5) is 46.3. The van der Waals surface area contributed by atoms with Gasteiger partial charge in [0.25, 0.3) is 0 Å². The lowest BCUT2D eigenvalue weighted by Gasteiger charge is -2.38. The Labute approximate surface area is 247 Å². The number of carbonyl (C=O) groups is 3. The maximum absolute atomic E-state index is 15.0. The predicted octanol–water partition coefficient (Wildman–Crippen LogP) is 6.42. The van der Waals surface area contributed by atoms with E-state index in [2.05, 4.69) is 5.32 Å². The minimum atomic E-state index is -1.43. The molecular weight excluding hydrogens is 540 g/mol. The van der Waals surface area contributed by atoms with E-state index >= 15 is 0 Å². The largest absolute Gasteiger partial charge is 0.496 e. The van der Waals surface area contributed by atoms with Gasteiger partial charge in [0.1, 0.15) is 22.8 Å². The van der Waals surface area contributed by atoms with E-state index in [1.165, 1.54) is 7.11 Å². The second kappa shape index (κ2) is 9.29. The maximum Gasteiger partial charge on any atom is 0.238 e. The minimum absolute atomic E-state index is 0.109. The normalized spacial score (nSPS) is 23.1. The Morgan fingerprint density at radius 3 is 2.49 bits per heavy atom. The highest BCUT2D eigenvalue weighted by atomic mass is 16.5. The first-order valence-corrected chi connectivity index (χ1v) is 14.2. The lowest BCUT2D eigenvalue weighted by molar-refractivity contribution is -0.122. The summed E-state index contributed by atoms with van der Waals surface area (Å²) in [6.07, 6.45) is 3.79. The first-order chi connectivity index (χ1) is 21.0. The van der Waals surface area contributed by atoms with Gasteiger partial charge in [-0.05, 0) is 53.1 Å². The number of fused-ring (bicyclic) bond motifs is 7. The molecule has 3 aliphatic rings. The van der Waals surface area contributed by atoms with E-state index in [0.717, 1.165) is 16.5 Å². The van der Waals surface area contributed by atoms with Crippen LogP contribution in [0.4, 0.5) is 5.69 Å². The first-order valence-electron chi connectivity index (χ1n) is 14.2. The smallest absolute Gasteiger partial charge is 0.238 e. The van der Waals surface area contributed by atoms with Gasteiger partial charge in [-0.3, -0.25) is 14.4 Å².